The predicted octanol–water partition coefficient (Wildman–Crippen LogP) is 6.41. The van der Waals surface area contributed by atoms with Crippen molar-refractivity contribution in [2.45, 2.75) is 88.9 Å². The average molecular weight is 816 g/mol. The number of hydrogen-bond acceptors (Lipinski definition) is 9. The molecule has 2 aromatic heterocycles. The normalized spacial score (nSPS) is 19.1. The van der Waals surface area contributed by atoms with Crippen LogP contribution in [-0.2, 0) is 19.1 Å². The molecule has 314 valence electrons. The number of carbonyl (C=O) groups is 4. The Morgan fingerprint density at radius 2 is 1.47 bits per heavy atom. The van der Waals surface area contributed by atoms with E-state index in [-0.39, 0.29) is 41.6 Å². The molecule has 2 aromatic carbocycles. The number of hydrogen-bond donors (Lipinski definition) is 4. The van der Waals surface area contributed by atoms with Crippen LogP contribution in [0.2, 0.25) is 0 Å². The molecule has 3 atom stereocenters. The first-order chi connectivity index (χ1) is 28.3. The Balaban J connectivity index is 0.970. The molecule has 17 heteroatoms. The summed E-state index contributed by atoms with van der Waals surface area (Å²) in [6, 6.07) is 9.84. The highest BCUT2D eigenvalue weighted by molar-refractivity contribution is 5.87. The van der Waals surface area contributed by atoms with E-state index in [2.05, 4.69) is 30.6 Å². The minimum atomic E-state index is -0.973. The molecule has 0 spiro atoms. The zero-order valence-electron chi connectivity index (χ0n) is 33.7. The number of carbonyl (C=O) groups excluding carboxylic acids is 4. The molecular formula is C42H51F2N9O6. The standard InChI is InChI=1S/C42H51F2N9O6/c1-42(2,3)59-40(56)47-24-34(54)52-16-8-12-32(52)37-45-22-30(48-37)25-14-18-51(19-15-25)36-28(43)20-27(21-29(36)44)31-23-46-38(49-31)33-13-9-17-53(33)39(55)35(50-41(57)58-4)26-10-6-5-7-11-26/h5-7,10-11,20-23,25,32-33,35H,8-9,12-19,24H2,1-4H3,(H,45,48)(H,46,49)(H,47,56)(H,50,57)/t32-,33-,35+/m0/s1. The molecule has 0 radical (unpaired) electrons. The lowest BCUT2D eigenvalue weighted by atomic mass is 9.93. The average Bonchev–Trinajstić information content (AvgIpc) is 4.05. The highest BCUT2D eigenvalue weighted by atomic mass is 19.1. The first-order valence-corrected chi connectivity index (χ1v) is 20.1. The molecule has 4 N–H and O–H groups in total. The molecule has 0 unspecified atom stereocenters. The van der Waals surface area contributed by atoms with E-state index in [1.54, 1.807) is 65.9 Å². The van der Waals surface area contributed by atoms with Crippen LogP contribution in [0, 0.1) is 11.6 Å². The number of amides is 4. The maximum Gasteiger partial charge on any atom is 0.408 e. The summed E-state index contributed by atoms with van der Waals surface area (Å²) >= 11 is 0. The molecule has 7 rings (SSSR count). The van der Waals surface area contributed by atoms with Crippen molar-refractivity contribution in [3.05, 3.63) is 89.4 Å². The van der Waals surface area contributed by atoms with Crippen LogP contribution >= 0.6 is 0 Å². The smallest absolute Gasteiger partial charge is 0.408 e. The zero-order valence-corrected chi connectivity index (χ0v) is 33.7. The van der Waals surface area contributed by atoms with Crippen molar-refractivity contribution in [2.24, 2.45) is 0 Å². The number of aromatic nitrogens is 4. The number of alkyl carbamates (subject to hydrolysis) is 2. The highest BCUT2D eigenvalue weighted by Gasteiger charge is 2.38. The number of H-pyrrole nitrogens is 2. The summed E-state index contributed by atoms with van der Waals surface area (Å²) in [4.78, 5) is 72.1. The van der Waals surface area contributed by atoms with Gasteiger partial charge in [-0.05, 0) is 77.0 Å². The summed E-state index contributed by atoms with van der Waals surface area (Å²) in [6.45, 7) is 6.93. The second-order valence-electron chi connectivity index (χ2n) is 16.2. The number of aromatic amines is 2. The minimum Gasteiger partial charge on any atom is -0.453 e. The number of anilines is 1. The first-order valence-electron chi connectivity index (χ1n) is 20.1. The van der Waals surface area contributed by atoms with Crippen molar-refractivity contribution >= 4 is 29.7 Å². The summed E-state index contributed by atoms with van der Waals surface area (Å²) in [5, 5.41) is 5.19. The molecular weight excluding hydrogens is 765 g/mol. The van der Waals surface area contributed by atoms with E-state index >= 15 is 8.78 Å². The molecule has 3 fully saturated rings. The Labute approximate surface area is 341 Å². The third-order valence-corrected chi connectivity index (χ3v) is 11.1. The van der Waals surface area contributed by atoms with Gasteiger partial charge >= 0.3 is 12.2 Å². The molecule has 59 heavy (non-hydrogen) atoms. The van der Waals surface area contributed by atoms with Gasteiger partial charge in [0.1, 0.15) is 47.2 Å². The van der Waals surface area contributed by atoms with Gasteiger partial charge in [-0.3, -0.25) is 9.59 Å². The maximum atomic E-state index is 15.8. The van der Waals surface area contributed by atoms with Gasteiger partial charge < -0.3 is 44.8 Å². The largest absolute Gasteiger partial charge is 0.453 e. The van der Waals surface area contributed by atoms with Crippen molar-refractivity contribution in [3.63, 3.8) is 0 Å². The molecule has 0 saturated carbocycles. The number of nitrogens with one attached hydrogen (secondary N) is 4. The molecule has 3 aliphatic heterocycles. The summed E-state index contributed by atoms with van der Waals surface area (Å²) < 4.78 is 41.7. The van der Waals surface area contributed by atoms with Gasteiger partial charge in [0.2, 0.25) is 5.91 Å². The van der Waals surface area contributed by atoms with Crippen LogP contribution in [0.25, 0.3) is 11.3 Å². The van der Waals surface area contributed by atoms with Crippen molar-refractivity contribution in [3.8, 4) is 11.3 Å². The van der Waals surface area contributed by atoms with Crippen LogP contribution in [-0.4, -0.2) is 99.2 Å². The Bertz CT molecular complexity index is 2120. The maximum absolute atomic E-state index is 15.8. The van der Waals surface area contributed by atoms with Crippen molar-refractivity contribution in [2.75, 3.05) is 44.7 Å². The van der Waals surface area contributed by atoms with Crippen molar-refractivity contribution < 1.29 is 37.4 Å². The number of imidazole rings is 2. The fourth-order valence-corrected chi connectivity index (χ4v) is 8.32. The Kier molecular flexibility index (Phi) is 12.2. The van der Waals surface area contributed by atoms with Gasteiger partial charge in [-0.1, -0.05) is 30.3 Å². The zero-order chi connectivity index (χ0) is 41.8. The van der Waals surface area contributed by atoms with Gasteiger partial charge in [0.15, 0.2) is 0 Å². The number of rotatable bonds is 10. The molecule has 5 heterocycles. The van der Waals surface area contributed by atoms with E-state index in [0.29, 0.717) is 74.8 Å². The van der Waals surface area contributed by atoms with Gasteiger partial charge in [0, 0.05) is 49.6 Å². The number of benzene rings is 2. The molecule has 4 aromatic rings. The van der Waals surface area contributed by atoms with Gasteiger partial charge in [-0.2, -0.15) is 0 Å². The number of piperidine rings is 1. The Morgan fingerprint density at radius 3 is 2.14 bits per heavy atom. The van der Waals surface area contributed by atoms with Crippen molar-refractivity contribution in [1.29, 1.82) is 0 Å². The fourth-order valence-electron chi connectivity index (χ4n) is 8.32. The van der Waals surface area contributed by atoms with E-state index in [1.165, 1.54) is 25.4 Å². The van der Waals surface area contributed by atoms with Crippen LogP contribution in [0.4, 0.5) is 24.1 Å². The lowest BCUT2D eigenvalue weighted by Crippen LogP contribution is -2.42. The second kappa shape index (κ2) is 17.5. The topological polar surface area (TPSA) is 178 Å². The summed E-state index contributed by atoms with van der Waals surface area (Å²) in [5.41, 5.74) is 1.45. The van der Waals surface area contributed by atoms with Crippen molar-refractivity contribution in [1.82, 2.24) is 40.4 Å². The summed E-state index contributed by atoms with van der Waals surface area (Å²) in [5.74, 6) is -0.679. The predicted molar refractivity (Wildman–Crippen MR) is 213 cm³/mol. The number of nitrogens with zero attached hydrogens (tertiary/aromatic N) is 5. The number of methoxy groups -OCH3 is 1. The molecule has 15 nitrogen and oxygen atoms in total. The van der Waals surface area contributed by atoms with Gasteiger partial charge in [0.05, 0.1) is 31.1 Å². The Hall–Kier alpha value is -6.00. The van der Waals surface area contributed by atoms with E-state index in [1.807, 2.05) is 6.07 Å². The first kappa shape index (κ1) is 41.2. The fraction of sp³-hybridized carbons (Fsp3) is 0.476. The second-order valence-corrected chi connectivity index (χ2v) is 16.2. The highest BCUT2D eigenvalue weighted by Crippen LogP contribution is 2.38. The van der Waals surface area contributed by atoms with Crippen LogP contribution in [0.15, 0.2) is 54.9 Å². The van der Waals surface area contributed by atoms with Gasteiger partial charge in [-0.15, -0.1) is 0 Å². The lowest BCUT2D eigenvalue weighted by Gasteiger charge is -2.33. The molecule has 0 bridgehead atoms. The summed E-state index contributed by atoms with van der Waals surface area (Å²) in [7, 11) is 1.23. The SMILES string of the molecule is COC(=O)N[C@@H](C(=O)N1CCC[C@H]1c1ncc(-c2cc(F)c(N3CCC(c4cnc([C@@H]5CCCN5C(=O)CNC(=O)OC(C)(C)C)[nH]4)CC3)c(F)c2)[nH]1)c1ccccc1. The number of halogens is 2. The van der Waals surface area contributed by atoms with Crippen LogP contribution in [0.1, 0.15) is 106 Å². The van der Waals surface area contributed by atoms with Gasteiger partial charge in [0.25, 0.3) is 5.91 Å². The molecule has 3 aliphatic rings. The number of likely N-dealkylation sites (tertiary alicyclic amines) is 2. The molecule has 0 aliphatic carbocycles. The quantitative estimate of drug-likeness (QED) is 0.141. The van der Waals surface area contributed by atoms with E-state index in [0.717, 1.165) is 18.5 Å². The monoisotopic (exact) mass is 815 g/mol. The minimum absolute atomic E-state index is 0.0851. The third kappa shape index (κ3) is 9.34. The summed E-state index contributed by atoms with van der Waals surface area (Å²) in [6.07, 6.45) is 6.05. The van der Waals surface area contributed by atoms with Crippen LogP contribution in [0.3, 0.4) is 0 Å². The third-order valence-electron chi connectivity index (χ3n) is 11.1. The van der Waals surface area contributed by atoms with E-state index < -0.39 is 41.5 Å². The Morgan fingerprint density at radius 1 is 0.847 bits per heavy atom. The lowest BCUT2D eigenvalue weighted by molar-refractivity contribution is -0.134. The molecule has 3 saturated heterocycles. The van der Waals surface area contributed by atoms with E-state index in [9.17, 15) is 19.2 Å². The molecule has 4 amide bonds. The van der Waals surface area contributed by atoms with Gasteiger partial charge in [-0.25, -0.2) is 28.3 Å². The van der Waals surface area contributed by atoms with Crippen LogP contribution in [0.5, 0.6) is 0 Å². The van der Waals surface area contributed by atoms with E-state index in [4.69, 9.17) is 9.47 Å². The number of ether oxygens (including phenoxy) is 2. The van der Waals surface area contributed by atoms with Crippen LogP contribution < -0.4 is 15.5 Å².